The molecule has 19 heavy (non-hydrogen) atoms. The maximum Gasteiger partial charge on any atom is 0.234 e. The molecule has 0 unspecified atom stereocenters. The Balaban J connectivity index is 1.95. The molecule has 0 aromatic heterocycles. The van der Waals surface area contributed by atoms with Crippen LogP contribution in [-0.4, -0.2) is 37.6 Å². The summed E-state index contributed by atoms with van der Waals surface area (Å²) in [5.74, 6) is 1.00. The largest absolute Gasteiger partial charge is 0.497 e. The van der Waals surface area contributed by atoms with Crippen LogP contribution in [0.2, 0.25) is 0 Å². The molecule has 0 spiro atoms. The molecule has 0 atom stereocenters. The van der Waals surface area contributed by atoms with Gasteiger partial charge in [0, 0.05) is 19.6 Å². The van der Waals surface area contributed by atoms with Gasteiger partial charge < -0.3 is 10.1 Å². The number of benzene rings is 1. The lowest BCUT2D eigenvalue weighted by molar-refractivity contribution is -0.122. The van der Waals surface area contributed by atoms with Gasteiger partial charge in [0.2, 0.25) is 5.91 Å². The lowest BCUT2D eigenvalue weighted by atomic mass is 9.99. The Hall–Kier alpha value is -1.55. The van der Waals surface area contributed by atoms with Gasteiger partial charge in [0.1, 0.15) is 5.75 Å². The molecule has 1 heterocycles. The fraction of sp³-hybridized carbons (Fsp3) is 0.533. The maximum absolute atomic E-state index is 11.7. The van der Waals surface area contributed by atoms with Crippen molar-refractivity contribution in [2.75, 3.05) is 26.7 Å². The van der Waals surface area contributed by atoms with E-state index in [2.05, 4.69) is 29.3 Å². The molecule has 104 valence electrons. The van der Waals surface area contributed by atoms with E-state index in [1.54, 1.807) is 7.11 Å². The first-order valence-electron chi connectivity index (χ1n) is 6.87. The lowest BCUT2D eigenvalue weighted by Crippen LogP contribution is -2.40. The molecule has 4 heteroatoms. The zero-order chi connectivity index (χ0) is 13.7. The minimum atomic E-state index is 0.119. The van der Waals surface area contributed by atoms with Crippen molar-refractivity contribution < 1.29 is 9.53 Å². The summed E-state index contributed by atoms with van der Waals surface area (Å²) in [6.45, 7) is 5.07. The predicted octanol–water partition coefficient (Wildman–Crippen LogP) is 1.58. The average molecular weight is 262 g/mol. The third-order valence-electron chi connectivity index (χ3n) is 3.44. The Morgan fingerprint density at radius 1 is 1.42 bits per heavy atom. The number of methoxy groups -OCH3 is 1. The SMILES string of the molecule is CCCNC(=O)CN1CCc2ccc(OC)cc2C1. The summed E-state index contributed by atoms with van der Waals surface area (Å²) >= 11 is 0. The van der Waals surface area contributed by atoms with Crippen LogP contribution < -0.4 is 10.1 Å². The fourth-order valence-corrected chi connectivity index (χ4v) is 2.38. The quantitative estimate of drug-likeness (QED) is 0.876. The Labute approximate surface area is 114 Å². The molecule has 0 fully saturated rings. The van der Waals surface area contributed by atoms with E-state index >= 15 is 0 Å². The molecule has 2 rings (SSSR count). The first kappa shape index (κ1) is 13.9. The van der Waals surface area contributed by atoms with Gasteiger partial charge >= 0.3 is 0 Å². The van der Waals surface area contributed by atoms with Crippen molar-refractivity contribution in [3.63, 3.8) is 0 Å². The van der Waals surface area contributed by atoms with E-state index in [0.29, 0.717) is 6.54 Å². The normalized spacial score (nSPS) is 14.8. The summed E-state index contributed by atoms with van der Waals surface area (Å²) in [5, 5.41) is 2.92. The first-order chi connectivity index (χ1) is 9.22. The van der Waals surface area contributed by atoms with Crippen LogP contribution >= 0.6 is 0 Å². The van der Waals surface area contributed by atoms with E-state index in [4.69, 9.17) is 4.74 Å². The first-order valence-corrected chi connectivity index (χ1v) is 6.87. The Kier molecular flexibility index (Phi) is 4.80. The van der Waals surface area contributed by atoms with Crippen LogP contribution in [0.15, 0.2) is 18.2 Å². The maximum atomic E-state index is 11.7. The summed E-state index contributed by atoms with van der Waals surface area (Å²) in [5.41, 5.74) is 2.64. The Morgan fingerprint density at radius 2 is 2.26 bits per heavy atom. The van der Waals surface area contributed by atoms with Crippen molar-refractivity contribution in [1.82, 2.24) is 10.2 Å². The van der Waals surface area contributed by atoms with Crippen LogP contribution in [0.1, 0.15) is 24.5 Å². The highest BCUT2D eigenvalue weighted by atomic mass is 16.5. The molecule has 1 N–H and O–H groups in total. The second-order valence-electron chi connectivity index (χ2n) is 4.95. The van der Waals surface area contributed by atoms with E-state index in [-0.39, 0.29) is 5.91 Å². The number of fused-ring (bicyclic) bond motifs is 1. The van der Waals surface area contributed by atoms with Crippen LogP contribution in [0.4, 0.5) is 0 Å². The number of ether oxygens (including phenoxy) is 1. The van der Waals surface area contributed by atoms with Crippen molar-refractivity contribution in [3.05, 3.63) is 29.3 Å². The van der Waals surface area contributed by atoms with Crippen molar-refractivity contribution in [2.45, 2.75) is 26.3 Å². The highest BCUT2D eigenvalue weighted by Crippen LogP contribution is 2.23. The van der Waals surface area contributed by atoms with Gasteiger partial charge in [-0.25, -0.2) is 0 Å². The Bertz CT molecular complexity index is 446. The molecule has 1 aliphatic heterocycles. The van der Waals surface area contributed by atoms with E-state index in [9.17, 15) is 4.79 Å². The van der Waals surface area contributed by atoms with Crippen LogP contribution in [0, 0.1) is 0 Å². The molecule has 1 aliphatic rings. The van der Waals surface area contributed by atoms with E-state index in [0.717, 1.165) is 38.2 Å². The number of rotatable bonds is 5. The van der Waals surface area contributed by atoms with Gasteiger partial charge in [0.15, 0.2) is 0 Å². The van der Waals surface area contributed by atoms with Gasteiger partial charge in [0.25, 0.3) is 0 Å². The van der Waals surface area contributed by atoms with Gasteiger partial charge in [0.05, 0.1) is 13.7 Å². The summed E-state index contributed by atoms with van der Waals surface area (Å²) in [4.78, 5) is 13.9. The second kappa shape index (κ2) is 6.57. The monoisotopic (exact) mass is 262 g/mol. The number of amides is 1. The van der Waals surface area contributed by atoms with Gasteiger partial charge in [-0.2, -0.15) is 0 Å². The number of hydrogen-bond donors (Lipinski definition) is 1. The minimum absolute atomic E-state index is 0.119. The van der Waals surface area contributed by atoms with Crippen molar-refractivity contribution in [1.29, 1.82) is 0 Å². The number of nitrogens with zero attached hydrogens (tertiary/aromatic N) is 1. The van der Waals surface area contributed by atoms with Gasteiger partial charge in [-0.05, 0) is 36.1 Å². The van der Waals surface area contributed by atoms with Crippen LogP contribution in [0.3, 0.4) is 0 Å². The molecule has 1 amide bonds. The second-order valence-corrected chi connectivity index (χ2v) is 4.95. The lowest BCUT2D eigenvalue weighted by Gasteiger charge is -2.28. The summed E-state index contributed by atoms with van der Waals surface area (Å²) < 4.78 is 5.25. The highest BCUT2D eigenvalue weighted by Gasteiger charge is 2.18. The predicted molar refractivity (Wildman–Crippen MR) is 75.3 cm³/mol. The van der Waals surface area contributed by atoms with E-state index in [1.165, 1.54) is 11.1 Å². The van der Waals surface area contributed by atoms with Crippen LogP contribution in [0.25, 0.3) is 0 Å². The average Bonchev–Trinajstić information content (AvgIpc) is 2.44. The van der Waals surface area contributed by atoms with Crippen LogP contribution in [0.5, 0.6) is 5.75 Å². The molecule has 4 nitrogen and oxygen atoms in total. The van der Waals surface area contributed by atoms with Gasteiger partial charge in [-0.15, -0.1) is 0 Å². The third kappa shape index (κ3) is 3.70. The number of carbonyl (C=O) groups excluding carboxylic acids is 1. The molecular weight excluding hydrogens is 240 g/mol. The molecule has 0 aliphatic carbocycles. The molecule has 0 radical (unpaired) electrons. The molecule has 0 saturated heterocycles. The number of carbonyl (C=O) groups is 1. The van der Waals surface area contributed by atoms with Gasteiger partial charge in [-0.1, -0.05) is 13.0 Å². The van der Waals surface area contributed by atoms with E-state index < -0.39 is 0 Å². The van der Waals surface area contributed by atoms with E-state index in [1.807, 2.05) is 6.07 Å². The minimum Gasteiger partial charge on any atom is -0.497 e. The molecule has 1 aromatic rings. The molecular formula is C15H22N2O2. The van der Waals surface area contributed by atoms with Crippen molar-refractivity contribution in [3.8, 4) is 5.75 Å². The standard InChI is InChI=1S/C15H22N2O2/c1-3-7-16-15(18)11-17-8-6-12-4-5-14(19-2)9-13(12)10-17/h4-5,9H,3,6-8,10-11H2,1-2H3,(H,16,18). The molecule has 1 aromatic carbocycles. The molecule has 0 saturated carbocycles. The Morgan fingerprint density at radius 3 is 3.00 bits per heavy atom. The molecule has 0 bridgehead atoms. The smallest absolute Gasteiger partial charge is 0.234 e. The summed E-state index contributed by atoms with van der Waals surface area (Å²) in [6, 6.07) is 6.20. The summed E-state index contributed by atoms with van der Waals surface area (Å²) in [6.07, 6.45) is 1.98. The topological polar surface area (TPSA) is 41.6 Å². The fourth-order valence-electron chi connectivity index (χ4n) is 2.38. The zero-order valence-electron chi connectivity index (χ0n) is 11.7. The van der Waals surface area contributed by atoms with Gasteiger partial charge in [-0.3, -0.25) is 9.69 Å². The number of hydrogen-bond acceptors (Lipinski definition) is 3. The third-order valence-corrected chi connectivity index (χ3v) is 3.44. The highest BCUT2D eigenvalue weighted by molar-refractivity contribution is 5.78. The van der Waals surface area contributed by atoms with Crippen molar-refractivity contribution >= 4 is 5.91 Å². The summed E-state index contributed by atoms with van der Waals surface area (Å²) in [7, 11) is 1.68. The number of nitrogens with one attached hydrogen (secondary N) is 1. The van der Waals surface area contributed by atoms with Crippen LogP contribution in [-0.2, 0) is 17.8 Å². The zero-order valence-corrected chi connectivity index (χ0v) is 11.7. The van der Waals surface area contributed by atoms with Crippen molar-refractivity contribution in [2.24, 2.45) is 0 Å².